The Balaban J connectivity index is 1.61. The average molecular weight is 224 g/mol. The number of nitrogens with one attached hydrogen (secondary N) is 1. The van der Waals surface area contributed by atoms with Gasteiger partial charge < -0.3 is 10.2 Å². The number of hydrogen-bond donors (Lipinski definition) is 1. The van der Waals surface area contributed by atoms with E-state index in [2.05, 4.69) is 24.2 Å². The van der Waals surface area contributed by atoms with Crippen LogP contribution in [0.2, 0.25) is 0 Å². The summed E-state index contributed by atoms with van der Waals surface area (Å²) in [6.45, 7) is 4.86. The maximum absolute atomic E-state index is 3.64. The van der Waals surface area contributed by atoms with Crippen LogP contribution in [0.15, 0.2) is 0 Å². The summed E-state index contributed by atoms with van der Waals surface area (Å²) < 4.78 is 0. The molecular formula is C14H28N2. The molecule has 2 heteroatoms. The summed E-state index contributed by atoms with van der Waals surface area (Å²) in [5.41, 5.74) is 0. The SMILES string of the molecule is CC(CNC1CC1)CN(C)C1CCCCC1. The second kappa shape index (κ2) is 6.02. The van der Waals surface area contributed by atoms with Crippen LogP contribution in [0.3, 0.4) is 0 Å². The third-order valence-electron chi connectivity index (χ3n) is 4.13. The van der Waals surface area contributed by atoms with Crippen molar-refractivity contribution in [2.75, 3.05) is 20.1 Å². The summed E-state index contributed by atoms with van der Waals surface area (Å²) in [6, 6.07) is 1.74. The van der Waals surface area contributed by atoms with E-state index in [0.717, 1.165) is 18.0 Å². The van der Waals surface area contributed by atoms with E-state index in [0.29, 0.717) is 0 Å². The van der Waals surface area contributed by atoms with Crippen LogP contribution < -0.4 is 5.32 Å². The first-order chi connectivity index (χ1) is 7.75. The molecule has 16 heavy (non-hydrogen) atoms. The molecule has 2 fully saturated rings. The van der Waals surface area contributed by atoms with Crippen LogP contribution in [0.5, 0.6) is 0 Å². The summed E-state index contributed by atoms with van der Waals surface area (Å²) in [6.07, 6.45) is 10.0. The molecule has 0 radical (unpaired) electrons. The highest BCUT2D eigenvalue weighted by Crippen LogP contribution is 2.22. The van der Waals surface area contributed by atoms with Crippen molar-refractivity contribution in [1.82, 2.24) is 10.2 Å². The lowest BCUT2D eigenvalue weighted by molar-refractivity contribution is 0.169. The summed E-state index contributed by atoms with van der Waals surface area (Å²) in [5, 5.41) is 3.64. The smallest absolute Gasteiger partial charge is 0.00923 e. The van der Waals surface area contributed by atoms with Crippen LogP contribution in [0.1, 0.15) is 51.9 Å². The lowest BCUT2D eigenvalue weighted by atomic mass is 9.94. The van der Waals surface area contributed by atoms with Crippen LogP contribution in [0.25, 0.3) is 0 Å². The van der Waals surface area contributed by atoms with Gasteiger partial charge in [-0.2, -0.15) is 0 Å². The second-order valence-electron chi connectivity index (χ2n) is 6.02. The monoisotopic (exact) mass is 224 g/mol. The predicted octanol–water partition coefficient (Wildman–Crippen LogP) is 2.64. The van der Waals surface area contributed by atoms with Gasteiger partial charge in [0, 0.05) is 18.6 Å². The maximum atomic E-state index is 3.64. The van der Waals surface area contributed by atoms with Gasteiger partial charge in [-0.05, 0) is 45.2 Å². The predicted molar refractivity (Wildman–Crippen MR) is 69.7 cm³/mol. The number of rotatable bonds is 6. The second-order valence-corrected chi connectivity index (χ2v) is 6.02. The van der Waals surface area contributed by atoms with Crippen molar-refractivity contribution in [2.24, 2.45) is 5.92 Å². The minimum atomic E-state index is 0.799. The minimum absolute atomic E-state index is 0.799. The molecule has 2 rings (SSSR count). The molecule has 0 bridgehead atoms. The molecule has 0 aromatic heterocycles. The molecule has 2 nitrogen and oxygen atoms in total. The third-order valence-corrected chi connectivity index (χ3v) is 4.13. The highest BCUT2D eigenvalue weighted by molar-refractivity contribution is 4.82. The highest BCUT2D eigenvalue weighted by atomic mass is 15.1. The normalized spacial score (nSPS) is 24.9. The Bertz CT molecular complexity index is 195. The highest BCUT2D eigenvalue weighted by Gasteiger charge is 2.22. The summed E-state index contributed by atoms with van der Waals surface area (Å²) in [4.78, 5) is 2.61. The first kappa shape index (κ1) is 12.4. The largest absolute Gasteiger partial charge is 0.314 e. The Morgan fingerprint density at radius 1 is 1.12 bits per heavy atom. The van der Waals surface area contributed by atoms with Gasteiger partial charge in [-0.25, -0.2) is 0 Å². The minimum Gasteiger partial charge on any atom is -0.314 e. The summed E-state index contributed by atoms with van der Waals surface area (Å²) in [7, 11) is 2.32. The first-order valence-corrected chi connectivity index (χ1v) is 7.19. The van der Waals surface area contributed by atoms with Gasteiger partial charge in [0.05, 0.1) is 0 Å². The molecule has 0 heterocycles. The van der Waals surface area contributed by atoms with Crippen LogP contribution >= 0.6 is 0 Å². The zero-order valence-electron chi connectivity index (χ0n) is 11.0. The van der Waals surface area contributed by atoms with Crippen LogP contribution in [-0.4, -0.2) is 37.1 Å². The first-order valence-electron chi connectivity index (χ1n) is 7.19. The standard InChI is InChI=1S/C14H28N2/c1-12(10-15-13-8-9-13)11-16(2)14-6-4-3-5-7-14/h12-15H,3-11H2,1-2H3. The van der Waals surface area contributed by atoms with Crippen molar-refractivity contribution in [1.29, 1.82) is 0 Å². The van der Waals surface area contributed by atoms with Crippen molar-refractivity contribution in [3.8, 4) is 0 Å². The molecule has 0 spiro atoms. The van der Waals surface area contributed by atoms with Crippen molar-refractivity contribution in [3.63, 3.8) is 0 Å². The molecule has 0 aromatic carbocycles. The van der Waals surface area contributed by atoms with E-state index >= 15 is 0 Å². The Hall–Kier alpha value is -0.0800. The van der Waals surface area contributed by atoms with E-state index < -0.39 is 0 Å². The fraction of sp³-hybridized carbons (Fsp3) is 1.00. The fourth-order valence-electron chi connectivity index (χ4n) is 2.88. The van der Waals surface area contributed by atoms with Gasteiger partial charge in [-0.1, -0.05) is 26.2 Å². The van der Waals surface area contributed by atoms with E-state index in [1.54, 1.807) is 0 Å². The average Bonchev–Trinajstić information content (AvgIpc) is 3.11. The molecule has 1 atom stereocenters. The topological polar surface area (TPSA) is 15.3 Å². The van der Waals surface area contributed by atoms with Crippen molar-refractivity contribution in [2.45, 2.75) is 64.0 Å². The number of nitrogens with zero attached hydrogens (tertiary/aromatic N) is 1. The van der Waals surface area contributed by atoms with Gasteiger partial charge in [0.2, 0.25) is 0 Å². The molecule has 2 aliphatic rings. The summed E-state index contributed by atoms with van der Waals surface area (Å²) >= 11 is 0. The fourth-order valence-corrected chi connectivity index (χ4v) is 2.88. The molecule has 0 aliphatic heterocycles. The van der Waals surface area contributed by atoms with Crippen LogP contribution in [0, 0.1) is 5.92 Å². The molecule has 1 N–H and O–H groups in total. The van der Waals surface area contributed by atoms with Gasteiger partial charge in [0.1, 0.15) is 0 Å². The summed E-state index contributed by atoms with van der Waals surface area (Å²) in [5.74, 6) is 0.799. The Morgan fingerprint density at radius 2 is 1.81 bits per heavy atom. The lowest BCUT2D eigenvalue weighted by Gasteiger charge is -2.33. The number of hydrogen-bond acceptors (Lipinski definition) is 2. The quantitative estimate of drug-likeness (QED) is 0.746. The van der Waals surface area contributed by atoms with Gasteiger partial charge in [-0.15, -0.1) is 0 Å². The molecule has 2 saturated carbocycles. The van der Waals surface area contributed by atoms with Crippen LogP contribution in [0.4, 0.5) is 0 Å². The van der Waals surface area contributed by atoms with Gasteiger partial charge in [-0.3, -0.25) is 0 Å². The van der Waals surface area contributed by atoms with Gasteiger partial charge in [0.25, 0.3) is 0 Å². The Morgan fingerprint density at radius 3 is 2.44 bits per heavy atom. The Kier molecular flexibility index (Phi) is 4.66. The maximum Gasteiger partial charge on any atom is 0.00923 e. The molecule has 2 aliphatic carbocycles. The molecule has 0 saturated heterocycles. The lowest BCUT2D eigenvalue weighted by Crippen LogP contribution is -2.39. The van der Waals surface area contributed by atoms with E-state index in [1.165, 1.54) is 58.0 Å². The van der Waals surface area contributed by atoms with Crippen molar-refractivity contribution >= 4 is 0 Å². The third kappa shape index (κ3) is 4.06. The van der Waals surface area contributed by atoms with E-state index in [9.17, 15) is 0 Å². The zero-order chi connectivity index (χ0) is 11.4. The van der Waals surface area contributed by atoms with E-state index in [4.69, 9.17) is 0 Å². The van der Waals surface area contributed by atoms with E-state index in [1.807, 2.05) is 0 Å². The van der Waals surface area contributed by atoms with Crippen molar-refractivity contribution < 1.29 is 0 Å². The molecule has 0 aromatic rings. The van der Waals surface area contributed by atoms with Gasteiger partial charge >= 0.3 is 0 Å². The molecule has 0 amide bonds. The van der Waals surface area contributed by atoms with E-state index in [-0.39, 0.29) is 0 Å². The Labute approximate surface area is 101 Å². The zero-order valence-corrected chi connectivity index (χ0v) is 11.0. The molecule has 1 unspecified atom stereocenters. The molecular weight excluding hydrogens is 196 g/mol. The van der Waals surface area contributed by atoms with Crippen LogP contribution in [-0.2, 0) is 0 Å². The van der Waals surface area contributed by atoms with Crippen molar-refractivity contribution in [3.05, 3.63) is 0 Å². The molecule has 94 valence electrons. The van der Waals surface area contributed by atoms with Gasteiger partial charge in [0.15, 0.2) is 0 Å².